The van der Waals surface area contributed by atoms with Gasteiger partial charge in [0.2, 0.25) is 0 Å². The van der Waals surface area contributed by atoms with Crippen LogP contribution in [0.3, 0.4) is 0 Å². The van der Waals surface area contributed by atoms with E-state index in [0.717, 1.165) is 25.9 Å². The quantitative estimate of drug-likeness (QED) is 0.539. The Bertz CT molecular complexity index is 173. The Kier molecular flexibility index (Phi) is 1.69. The molecule has 0 aliphatic carbocycles. The molecule has 0 amide bonds. The van der Waals surface area contributed by atoms with Gasteiger partial charge in [-0.3, -0.25) is 4.79 Å². The number of Topliss-reactive ketones (excluding diaryl/α,β-unsaturated/α-hetero) is 1. The van der Waals surface area contributed by atoms with Crippen LogP contribution in [0, 0.1) is 0 Å². The highest BCUT2D eigenvalue weighted by atomic mass is 16.5. The second-order valence-corrected chi connectivity index (χ2v) is 3.27. The van der Waals surface area contributed by atoms with Crippen molar-refractivity contribution in [2.24, 2.45) is 0 Å². The topological polar surface area (TPSA) is 38.3 Å². The molecule has 0 aromatic carbocycles. The van der Waals surface area contributed by atoms with Gasteiger partial charge in [0.05, 0.1) is 6.61 Å². The van der Waals surface area contributed by atoms with Crippen LogP contribution in [0.2, 0.25) is 0 Å². The van der Waals surface area contributed by atoms with Crippen molar-refractivity contribution in [3.8, 4) is 0 Å². The van der Waals surface area contributed by atoms with E-state index in [4.69, 9.17) is 4.74 Å². The summed E-state index contributed by atoms with van der Waals surface area (Å²) < 4.78 is 5.50. The summed E-state index contributed by atoms with van der Waals surface area (Å²) in [6.07, 6.45) is 2.36. The lowest BCUT2D eigenvalue weighted by Crippen LogP contribution is -2.46. The van der Waals surface area contributed by atoms with Crippen LogP contribution in [0.1, 0.15) is 19.3 Å². The molecule has 0 saturated carbocycles. The fourth-order valence-corrected chi connectivity index (χ4v) is 1.90. The number of piperidine rings is 1. The molecule has 0 bridgehead atoms. The Morgan fingerprint density at radius 3 is 2.64 bits per heavy atom. The fraction of sp³-hybridized carbons (Fsp3) is 0.875. The molecule has 1 N–H and O–H groups in total. The van der Waals surface area contributed by atoms with Crippen molar-refractivity contribution in [3.63, 3.8) is 0 Å². The zero-order valence-electron chi connectivity index (χ0n) is 6.56. The Labute approximate surface area is 66.1 Å². The van der Waals surface area contributed by atoms with Gasteiger partial charge in [0.25, 0.3) is 0 Å². The minimum atomic E-state index is -0.370. The minimum absolute atomic E-state index is 0.319. The average Bonchev–Trinajstić information content (AvgIpc) is 2.36. The van der Waals surface area contributed by atoms with E-state index in [-0.39, 0.29) is 5.60 Å². The number of ether oxygens (including phenoxy) is 1. The summed E-state index contributed by atoms with van der Waals surface area (Å²) in [7, 11) is 0. The summed E-state index contributed by atoms with van der Waals surface area (Å²) in [6, 6.07) is 0. The van der Waals surface area contributed by atoms with Crippen molar-refractivity contribution in [1.29, 1.82) is 0 Å². The van der Waals surface area contributed by atoms with Crippen LogP contribution in [0.15, 0.2) is 0 Å². The van der Waals surface area contributed by atoms with Crippen LogP contribution in [0.5, 0.6) is 0 Å². The van der Waals surface area contributed by atoms with Crippen LogP contribution >= 0.6 is 0 Å². The highest BCUT2D eigenvalue weighted by Crippen LogP contribution is 2.30. The average molecular weight is 155 g/mol. The van der Waals surface area contributed by atoms with E-state index >= 15 is 0 Å². The van der Waals surface area contributed by atoms with E-state index in [9.17, 15) is 4.79 Å². The van der Waals surface area contributed by atoms with E-state index < -0.39 is 0 Å². The second-order valence-electron chi connectivity index (χ2n) is 3.27. The third kappa shape index (κ3) is 1.08. The third-order valence-electron chi connectivity index (χ3n) is 2.63. The predicted molar refractivity (Wildman–Crippen MR) is 40.4 cm³/mol. The summed E-state index contributed by atoms with van der Waals surface area (Å²) >= 11 is 0. The molecule has 0 aromatic rings. The second kappa shape index (κ2) is 2.57. The van der Waals surface area contributed by atoms with Gasteiger partial charge in [-0.05, 0) is 25.9 Å². The largest absolute Gasteiger partial charge is 0.367 e. The smallest absolute Gasteiger partial charge is 0.167 e. The van der Waals surface area contributed by atoms with E-state index in [1.807, 2.05) is 0 Å². The van der Waals surface area contributed by atoms with Gasteiger partial charge < -0.3 is 10.1 Å². The summed E-state index contributed by atoms with van der Waals surface area (Å²) in [4.78, 5) is 11.4. The van der Waals surface area contributed by atoms with Crippen molar-refractivity contribution in [1.82, 2.24) is 5.32 Å². The first-order valence-electron chi connectivity index (χ1n) is 4.21. The Hall–Kier alpha value is -0.410. The molecule has 2 fully saturated rings. The number of carbonyl (C=O) groups is 1. The van der Waals surface area contributed by atoms with Gasteiger partial charge in [0.1, 0.15) is 5.60 Å². The van der Waals surface area contributed by atoms with E-state index in [2.05, 4.69) is 5.32 Å². The van der Waals surface area contributed by atoms with Crippen molar-refractivity contribution < 1.29 is 9.53 Å². The molecule has 1 spiro atoms. The van der Waals surface area contributed by atoms with Gasteiger partial charge >= 0.3 is 0 Å². The van der Waals surface area contributed by atoms with Crippen LogP contribution in [0.4, 0.5) is 0 Å². The molecular formula is C8H13NO2. The molecule has 2 aliphatic heterocycles. The normalized spacial score (nSPS) is 29.6. The first-order chi connectivity index (χ1) is 5.33. The van der Waals surface area contributed by atoms with Crippen LogP contribution < -0.4 is 5.32 Å². The van der Waals surface area contributed by atoms with Gasteiger partial charge in [-0.25, -0.2) is 0 Å². The molecule has 0 atom stereocenters. The van der Waals surface area contributed by atoms with Gasteiger partial charge in [0, 0.05) is 6.42 Å². The maximum atomic E-state index is 11.4. The summed E-state index contributed by atoms with van der Waals surface area (Å²) in [5.41, 5.74) is -0.370. The SMILES string of the molecule is O=C1CCOC12CCNCC2. The molecular weight excluding hydrogens is 142 g/mol. The number of nitrogens with one attached hydrogen (secondary N) is 1. The summed E-state index contributed by atoms with van der Waals surface area (Å²) in [5, 5.41) is 3.22. The molecule has 11 heavy (non-hydrogen) atoms. The Balaban J connectivity index is 2.12. The molecule has 3 heteroatoms. The molecule has 0 aromatic heterocycles. The highest BCUT2D eigenvalue weighted by Gasteiger charge is 2.43. The Morgan fingerprint density at radius 1 is 1.36 bits per heavy atom. The standard InChI is InChI=1S/C8H13NO2/c10-7-1-6-11-8(7)2-4-9-5-3-8/h9H,1-6H2. The molecule has 2 aliphatic rings. The first kappa shape index (κ1) is 7.25. The molecule has 62 valence electrons. The lowest BCUT2D eigenvalue weighted by atomic mass is 9.88. The zero-order valence-corrected chi connectivity index (χ0v) is 6.56. The monoisotopic (exact) mass is 155 g/mol. The molecule has 2 heterocycles. The van der Waals surface area contributed by atoms with E-state index in [0.29, 0.717) is 18.8 Å². The minimum Gasteiger partial charge on any atom is -0.367 e. The number of carbonyl (C=O) groups excluding carboxylic acids is 1. The number of rotatable bonds is 0. The third-order valence-corrected chi connectivity index (χ3v) is 2.63. The number of hydrogen-bond acceptors (Lipinski definition) is 3. The lowest BCUT2D eigenvalue weighted by Gasteiger charge is -2.31. The zero-order chi connectivity index (χ0) is 7.73. The van der Waals surface area contributed by atoms with Crippen molar-refractivity contribution in [2.45, 2.75) is 24.9 Å². The van der Waals surface area contributed by atoms with Gasteiger partial charge in [-0.1, -0.05) is 0 Å². The number of hydrogen-bond donors (Lipinski definition) is 1. The summed E-state index contributed by atoms with van der Waals surface area (Å²) in [6.45, 7) is 2.48. The van der Waals surface area contributed by atoms with Gasteiger partial charge in [0.15, 0.2) is 5.78 Å². The molecule has 2 saturated heterocycles. The molecule has 0 radical (unpaired) electrons. The summed E-state index contributed by atoms with van der Waals surface area (Å²) in [5.74, 6) is 0.319. The van der Waals surface area contributed by atoms with Gasteiger partial charge in [-0.2, -0.15) is 0 Å². The van der Waals surface area contributed by atoms with Crippen LogP contribution in [-0.4, -0.2) is 31.1 Å². The van der Waals surface area contributed by atoms with Gasteiger partial charge in [-0.15, -0.1) is 0 Å². The van der Waals surface area contributed by atoms with Crippen molar-refractivity contribution in [2.75, 3.05) is 19.7 Å². The van der Waals surface area contributed by atoms with Crippen LogP contribution in [-0.2, 0) is 9.53 Å². The number of ketones is 1. The molecule has 2 rings (SSSR count). The Morgan fingerprint density at radius 2 is 2.09 bits per heavy atom. The highest BCUT2D eigenvalue weighted by molar-refractivity contribution is 5.89. The fourth-order valence-electron chi connectivity index (χ4n) is 1.90. The van der Waals surface area contributed by atoms with Crippen LogP contribution in [0.25, 0.3) is 0 Å². The van der Waals surface area contributed by atoms with E-state index in [1.54, 1.807) is 0 Å². The lowest BCUT2D eigenvalue weighted by molar-refractivity contribution is -0.134. The van der Waals surface area contributed by atoms with Crippen molar-refractivity contribution in [3.05, 3.63) is 0 Å². The first-order valence-corrected chi connectivity index (χ1v) is 4.21. The molecule has 0 unspecified atom stereocenters. The maximum Gasteiger partial charge on any atom is 0.167 e. The van der Waals surface area contributed by atoms with Crippen molar-refractivity contribution >= 4 is 5.78 Å². The van der Waals surface area contributed by atoms with E-state index in [1.165, 1.54) is 0 Å². The predicted octanol–water partition coefficient (Wildman–Crippen LogP) is 0.0980. The molecule has 3 nitrogen and oxygen atoms in total. The maximum absolute atomic E-state index is 11.4.